The van der Waals surface area contributed by atoms with Crippen molar-refractivity contribution in [1.29, 1.82) is 0 Å². The van der Waals surface area contributed by atoms with Crippen LogP contribution in [0.15, 0.2) is 73.3 Å². The molecule has 31 heavy (non-hydrogen) atoms. The highest BCUT2D eigenvalue weighted by atomic mass is 19.2. The van der Waals surface area contributed by atoms with Gasteiger partial charge in [-0.2, -0.15) is 0 Å². The number of rotatable bonds is 5. The van der Waals surface area contributed by atoms with Gasteiger partial charge in [-0.1, -0.05) is 36.4 Å². The Morgan fingerprint density at radius 3 is 1.84 bits per heavy atom. The van der Waals surface area contributed by atoms with E-state index in [4.69, 9.17) is 0 Å². The molecule has 0 fully saturated rings. The third kappa shape index (κ3) is 4.08. The van der Waals surface area contributed by atoms with Crippen LogP contribution in [0.25, 0.3) is 33.0 Å². The van der Waals surface area contributed by atoms with Crippen molar-refractivity contribution in [3.05, 3.63) is 108 Å². The highest BCUT2D eigenvalue weighted by Crippen LogP contribution is 2.33. The van der Waals surface area contributed by atoms with Gasteiger partial charge in [0.25, 0.3) is 0 Å². The van der Waals surface area contributed by atoms with E-state index in [0.717, 1.165) is 35.7 Å². The molecule has 4 aromatic rings. The van der Waals surface area contributed by atoms with E-state index in [9.17, 15) is 22.0 Å². The van der Waals surface area contributed by atoms with Crippen molar-refractivity contribution in [2.24, 2.45) is 0 Å². The van der Waals surface area contributed by atoms with E-state index in [1.54, 1.807) is 6.07 Å². The van der Waals surface area contributed by atoms with Crippen LogP contribution in [-0.2, 0) is 6.42 Å². The van der Waals surface area contributed by atoms with Gasteiger partial charge in [0.2, 0.25) is 0 Å². The number of hydrogen-bond donors (Lipinski definition) is 0. The van der Waals surface area contributed by atoms with Crippen LogP contribution in [0.3, 0.4) is 0 Å². The minimum absolute atomic E-state index is 0.277. The largest absolute Gasteiger partial charge is 0.206 e. The number of fused-ring (bicyclic) bond motifs is 1. The van der Waals surface area contributed by atoms with Crippen molar-refractivity contribution in [2.75, 3.05) is 0 Å². The summed E-state index contributed by atoms with van der Waals surface area (Å²) in [7, 11) is 0. The van der Waals surface area contributed by atoms with Crippen LogP contribution < -0.4 is 0 Å². The first kappa shape index (κ1) is 20.8. The molecule has 0 aromatic heterocycles. The first-order valence-electron chi connectivity index (χ1n) is 9.65. The van der Waals surface area contributed by atoms with E-state index in [0.29, 0.717) is 17.7 Å². The minimum atomic E-state index is -1.69. The summed E-state index contributed by atoms with van der Waals surface area (Å²) in [5.41, 5.74) is 1.00. The number of aryl methyl sites for hydroxylation is 1. The highest BCUT2D eigenvalue weighted by molar-refractivity contribution is 5.88. The lowest BCUT2D eigenvalue weighted by Crippen LogP contribution is -1.97. The van der Waals surface area contributed by atoms with E-state index in [1.807, 2.05) is 30.3 Å². The summed E-state index contributed by atoms with van der Waals surface area (Å²) in [6.45, 7) is 3.72. The molecule has 0 saturated heterocycles. The summed E-state index contributed by atoms with van der Waals surface area (Å²) in [6, 6.07) is 14.8. The van der Waals surface area contributed by atoms with Gasteiger partial charge in [0.1, 0.15) is 11.6 Å². The topological polar surface area (TPSA) is 0 Å². The van der Waals surface area contributed by atoms with Gasteiger partial charge in [0, 0.05) is 0 Å². The van der Waals surface area contributed by atoms with Crippen molar-refractivity contribution in [3.63, 3.8) is 0 Å². The maximum absolute atomic E-state index is 14.7. The third-order valence-corrected chi connectivity index (χ3v) is 5.19. The molecule has 4 rings (SSSR count). The molecule has 0 aliphatic carbocycles. The first-order chi connectivity index (χ1) is 14.9. The van der Waals surface area contributed by atoms with E-state index in [-0.39, 0.29) is 5.56 Å². The summed E-state index contributed by atoms with van der Waals surface area (Å²) >= 11 is 0. The lowest BCUT2D eigenvalue weighted by atomic mass is 9.96. The molecule has 0 nitrogen and oxygen atoms in total. The zero-order valence-corrected chi connectivity index (χ0v) is 16.4. The molecule has 0 amide bonds. The zero-order chi connectivity index (χ0) is 22.1. The highest BCUT2D eigenvalue weighted by Gasteiger charge is 2.18. The van der Waals surface area contributed by atoms with Crippen LogP contribution in [-0.4, -0.2) is 0 Å². The van der Waals surface area contributed by atoms with Crippen molar-refractivity contribution in [2.45, 2.75) is 12.8 Å². The molecule has 0 unspecified atom stereocenters. The molecular weight excluding hydrogens is 407 g/mol. The van der Waals surface area contributed by atoms with Crippen LogP contribution in [0.5, 0.6) is 0 Å². The van der Waals surface area contributed by atoms with Crippen LogP contribution in [0, 0.1) is 29.1 Å². The Hall–Kier alpha value is -3.47. The van der Waals surface area contributed by atoms with Crippen molar-refractivity contribution >= 4 is 10.8 Å². The Labute approximate surface area is 176 Å². The van der Waals surface area contributed by atoms with Crippen molar-refractivity contribution in [1.82, 2.24) is 0 Å². The average molecular weight is 424 g/mol. The fourth-order valence-corrected chi connectivity index (χ4v) is 3.61. The number of hydrogen-bond acceptors (Lipinski definition) is 0. The van der Waals surface area contributed by atoms with E-state index < -0.39 is 40.2 Å². The average Bonchev–Trinajstić information content (AvgIpc) is 2.75. The van der Waals surface area contributed by atoms with Crippen molar-refractivity contribution < 1.29 is 22.0 Å². The van der Waals surface area contributed by atoms with E-state index in [1.165, 1.54) is 5.56 Å². The first-order valence-corrected chi connectivity index (χ1v) is 9.65. The summed E-state index contributed by atoms with van der Waals surface area (Å²) in [6.07, 6.45) is 3.61. The van der Waals surface area contributed by atoms with Crippen LogP contribution in [0.1, 0.15) is 12.0 Å². The Morgan fingerprint density at radius 2 is 1.19 bits per heavy atom. The molecule has 0 N–H and O–H groups in total. The monoisotopic (exact) mass is 424 g/mol. The maximum Gasteiger partial charge on any atom is 0.194 e. The zero-order valence-electron chi connectivity index (χ0n) is 16.4. The van der Waals surface area contributed by atoms with Gasteiger partial charge in [-0.15, -0.1) is 6.58 Å². The third-order valence-electron chi connectivity index (χ3n) is 5.19. The molecule has 0 radical (unpaired) electrons. The van der Waals surface area contributed by atoms with E-state index >= 15 is 0 Å². The normalized spacial score (nSPS) is 11.1. The molecule has 0 heterocycles. The van der Waals surface area contributed by atoms with Crippen LogP contribution in [0.4, 0.5) is 22.0 Å². The fourth-order valence-electron chi connectivity index (χ4n) is 3.61. The van der Waals surface area contributed by atoms with Crippen LogP contribution in [0.2, 0.25) is 0 Å². The smallest absolute Gasteiger partial charge is 0.194 e. The summed E-state index contributed by atoms with van der Waals surface area (Å²) in [4.78, 5) is 0. The maximum atomic E-state index is 14.7. The molecule has 156 valence electrons. The molecule has 0 spiro atoms. The standard InChI is InChI=1S/C26H17F5/c1-2-3-4-15-5-6-17-10-18(8-7-16(17)9-15)19-11-21(27)25(22(28)12-19)20-13-23(29)26(31)24(30)14-20/h2,5-14H,1,3-4H2. The SMILES string of the molecule is C=CCCc1ccc2cc(-c3cc(F)c(-c4cc(F)c(F)c(F)c4)c(F)c3)ccc2c1. The summed E-state index contributed by atoms with van der Waals surface area (Å²) in [5.74, 6) is -6.72. The number of benzene rings is 4. The predicted octanol–water partition coefficient (Wildman–Crippen LogP) is 7.99. The Bertz CT molecular complexity index is 1260. The summed E-state index contributed by atoms with van der Waals surface area (Å²) in [5, 5.41) is 1.91. The number of halogens is 5. The molecular formula is C26H17F5. The van der Waals surface area contributed by atoms with Crippen molar-refractivity contribution in [3.8, 4) is 22.3 Å². The van der Waals surface area contributed by atoms with Gasteiger partial charge in [-0.3, -0.25) is 0 Å². The second-order valence-electron chi connectivity index (χ2n) is 7.29. The molecule has 5 heteroatoms. The quantitative estimate of drug-likeness (QED) is 0.173. The van der Waals surface area contributed by atoms with E-state index in [2.05, 4.69) is 12.6 Å². The Morgan fingerprint density at radius 1 is 0.613 bits per heavy atom. The minimum Gasteiger partial charge on any atom is -0.206 e. The van der Waals surface area contributed by atoms with Gasteiger partial charge in [0.15, 0.2) is 17.5 Å². The predicted molar refractivity (Wildman–Crippen MR) is 113 cm³/mol. The lowest BCUT2D eigenvalue weighted by molar-refractivity contribution is 0.447. The lowest BCUT2D eigenvalue weighted by Gasteiger charge is -2.11. The molecule has 0 aliphatic rings. The Kier molecular flexibility index (Phi) is 5.59. The van der Waals surface area contributed by atoms with Gasteiger partial charge in [0.05, 0.1) is 5.56 Å². The van der Waals surface area contributed by atoms with Gasteiger partial charge in [-0.25, -0.2) is 22.0 Å². The Balaban J connectivity index is 1.74. The molecule has 0 atom stereocenters. The second kappa shape index (κ2) is 8.34. The van der Waals surface area contributed by atoms with Gasteiger partial charge in [-0.05, 0) is 76.2 Å². The number of allylic oxidation sites excluding steroid dienone is 1. The van der Waals surface area contributed by atoms with Gasteiger partial charge < -0.3 is 0 Å². The molecule has 4 aromatic carbocycles. The molecule has 0 aliphatic heterocycles. The molecule has 0 saturated carbocycles. The second-order valence-corrected chi connectivity index (χ2v) is 7.29. The fraction of sp³-hybridized carbons (Fsp3) is 0.0769. The van der Waals surface area contributed by atoms with Gasteiger partial charge >= 0.3 is 0 Å². The summed E-state index contributed by atoms with van der Waals surface area (Å²) < 4.78 is 69.7. The molecule has 0 bridgehead atoms. The van der Waals surface area contributed by atoms with Crippen LogP contribution >= 0.6 is 0 Å².